The molecule has 1 N–H and O–H groups in total. The van der Waals surface area contributed by atoms with Crippen LogP contribution in [0.15, 0.2) is 18.2 Å². The van der Waals surface area contributed by atoms with Crippen molar-refractivity contribution in [1.82, 2.24) is 5.32 Å². The van der Waals surface area contributed by atoms with E-state index >= 15 is 0 Å². The predicted molar refractivity (Wildman–Crippen MR) is 69.4 cm³/mol. The molecule has 102 valence electrons. The summed E-state index contributed by atoms with van der Waals surface area (Å²) in [7, 11) is 0. The lowest BCUT2D eigenvalue weighted by Gasteiger charge is -2.23. The maximum atomic E-state index is 12.1. The first-order valence-electron chi connectivity index (χ1n) is 5.91. The maximum absolute atomic E-state index is 12.1. The largest absolute Gasteiger partial charge is 0.379 e. The van der Waals surface area contributed by atoms with Gasteiger partial charge in [-0.2, -0.15) is 0 Å². The third-order valence-electron chi connectivity index (χ3n) is 2.91. The number of carbonyl (C=O) groups excluding carboxylic acids is 1. The Bertz CT molecular complexity index is 501. The van der Waals surface area contributed by atoms with Crippen molar-refractivity contribution in [2.45, 2.75) is 18.9 Å². The number of nitrogens with one attached hydrogen (secondary N) is 1. The number of halogens is 1. The summed E-state index contributed by atoms with van der Waals surface area (Å²) < 4.78 is 5.25. The number of nitrogens with zero attached hydrogens (tertiary/aromatic N) is 1. The molecule has 0 aliphatic carbocycles. The summed E-state index contributed by atoms with van der Waals surface area (Å²) in [6.45, 7) is 1.10. The summed E-state index contributed by atoms with van der Waals surface area (Å²) in [5, 5.41) is 13.7. The molecule has 1 saturated heterocycles. The van der Waals surface area contributed by atoms with Crippen molar-refractivity contribution in [2.24, 2.45) is 0 Å². The minimum Gasteiger partial charge on any atom is -0.379 e. The molecule has 1 atom stereocenters. The fourth-order valence-corrected chi connectivity index (χ4v) is 2.26. The number of hydrogen-bond acceptors (Lipinski definition) is 4. The van der Waals surface area contributed by atoms with E-state index in [2.05, 4.69) is 5.32 Å². The maximum Gasteiger partial charge on any atom is 0.283 e. The van der Waals surface area contributed by atoms with E-state index in [-0.39, 0.29) is 22.3 Å². The Labute approximate surface area is 114 Å². The second kappa shape index (κ2) is 5.99. The number of nitro groups is 1. The Kier molecular flexibility index (Phi) is 4.34. The van der Waals surface area contributed by atoms with E-state index in [9.17, 15) is 14.9 Å². The molecule has 0 spiro atoms. The molecule has 1 fully saturated rings. The van der Waals surface area contributed by atoms with Crippen LogP contribution in [0.25, 0.3) is 0 Å². The summed E-state index contributed by atoms with van der Waals surface area (Å²) in [5.74, 6) is -0.534. The van der Waals surface area contributed by atoms with Crippen LogP contribution in [0, 0.1) is 10.1 Å². The number of ether oxygens (including phenoxy) is 1. The van der Waals surface area contributed by atoms with E-state index in [1.54, 1.807) is 0 Å². The number of amides is 1. The molecule has 1 aliphatic heterocycles. The van der Waals surface area contributed by atoms with Gasteiger partial charge in [-0.3, -0.25) is 14.9 Å². The van der Waals surface area contributed by atoms with Crippen LogP contribution in [0.5, 0.6) is 0 Å². The molecule has 0 bridgehead atoms. The number of rotatable bonds is 3. The van der Waals surface area contributed by atoms with E-state index in [0.717, 1.165) is 12.8 Å². The zero-order valence-electron chi connectivity index (χ0n) is 10.1. The molecule has 0 aromatic heterocycles. The van der Waals surface area contributed by atoms with Gasteiger partial charge in [-0.1, -0.05) is 17.7 Å². The Balaban J connectivity index is 2.20. The summed E-state index contributed by atoms with van der Waals surface area (Å²) in [4.78, 5) is 22.4. The lowest BCUT2D eigenvalue weighted by Crippen LogP contribution is -2.40. The van der Waals surface area contributed by atoms with Crippen LogP contribution in [0.1, 0.15) is 23.2 Å². The highest BCUT2D eigenvalue weighted by molar-refractivity contribution is 6.34. The third kappa shape index (κ3) is 3.21. The van der Waals surface area contributed by atoms with Gasteiger partial charge in [-0.25, -0.2) is 0 Å². The molecule has 1 aromatic carbocycles. The molecule has 1 aliphatic rings. The Hall–Kier alpha value is -1.66. The number of benzene rings is 1. The van der Waals surface area contributed by atoms with Crippen LogP contribution in [0.2, 0.25) is 5.02 Å². The third-order valence-corrected chi connectivity index (χ3v) is 3.23. The topological polar surface area (TPSA) is 81.5 Å². The molecule has 0 unspecified atom stereocenters. The van der Waals surface area contributed by atoms with Crippen molar-refractivity contribution < 1.29 is 14.5 Å². The minimum absolute atomic E-state index is 0.0726. The number of hydrogen-bond donors (Lipinski definition) is 1. The summed E-state index contributed by atoms with van der Waals surface area (Å²) in [6, 6.07) is 4.04. The normalized spacial score (nSPS) is 18.9. The fraction of sp³-hybridized carbons (Fsp3) is 0.417. The van der Waals surface area contributed by atoms with Crippen LogP contribution in [0.4, 0.5) is 5.69 Å². The molecule has 2 rings (SSSR count). The summed E-state index contributed by atoms with van der Waals surface area (Å²) in [5.41, 5.74) is -0.388. The van der Waals surface area contributed by atoms with E-state index in [4.69, 9.17) is 16.3 Å². The van der Waals surface area contributed by atoms with Gasteiger partial charge >= 0.3 is 0 Å². The van der Waals surface area contributed by atoms with Crippen LogP contribution in [0.3, 0.4) is 0 Å². The lowest BCUT2D eigenvalue weighted by molar-refractivity contribution is -0.385. The van der Waals surface area contributed by atoms with E-state index in [0.29, 0.717) is 13.2 Å². The van der Waals surface area contributed by atoms with Crippen LogP contribution < -0.4 is 5.32 Å². The highest BCUT2D eigenvalue weighted by Crippen LogP contribution is 2.26. The SMILES string of the molecule is O=C(N[C@H]1CCCOC1)c1c(Cl)cccc1[N+](=O)[O-]. The molecule has 6 nitrogen and oxygen atoms in total. The smallest absolute Gasteiger partial charge is 0.283 e. The van der Waals surface area contributed by atoms with Gasteiger partial charge in [-0.15, -0.1) is 0 Å². The van der Waals surface area contributed by atoms with Gasteiger partial charge in [0.05, 0.1) is 22.6 Å². The second-order valence-electron chi connectivity index (χ2n) is 4.28. The summed E-state index contributed by atoms with van der Waals surface area (Å²) >= 11 is 5.89. The van der Waals surface area contributed by atoms with Crippen LogP contribution >= 0.6 is 11.6 Å². The highest BCUT2D eigenvalue weighted by Gasteiger charge is 2.25. The van der Waals surface area contributed by atoms with Crippen molar-refractivity contribution in [2.75, 3.05) is 13.2 Å². The minimum atomic E-state index is -0.613. The quantitative estimate of drug-likeness (QED) is 0.681. The van der Waals surface area contributed by atoms with E-state index < -0.39 is 10.8 Å². The van der Waals surface area contributed by atoms with Crippen molar-refractivity contribution in [3.8, 4) is 0 Å². The molecule has 0 saturated carbocycles. The predicted octanol–water partition coefficient (Wildman–Crippen LogP) is 2.16. The number of carbonyl (C=O) groups is 1. The first-order valence-corrected chi connectivity index (χ1v) is 6.29. The lowest BCUT2D eigenvalue weighted by atomic mass is 10.1. The molecular weight excluding hydrogens is 272 g/mol. The molecule has 1 aromatic rings. The monoisotopic (exact) mass is 284 g/mol. The van der Waals surface area contributed by atoms with Gasteiger partial charge in [0.2, 0.25) is 0 Å². The van der Waals surface area contributed by atoms with Gasteiger partial charge in [-0.05, 0) is 18.9 Å². The van der Waals surface area contributed by atoms with Crippen molar-refractivity contribution in [1.29, 1.82) is 0 Å². The Morgan fingerprint density at radius 3 is 2.95 bits per heavy atom. The van der Waals surface area contributed by atoms with Crippen molar-refractivity contribution in [3.05, 3.63) is 38.9 Å². The molecule has 1 heterocycles. The molecular formula is C12H13ClN2O4. The standard InChI is InChI=1S/C12H13ClN2O4/c13-9-4-1-5-10(15(17)18)11(9)12(16)14-8-3-2-6-19-7-8/h1,4-5,8H,2-3,6-7H2,(H,14,16)/t8-/m0/s1. The first kappa shape index (κ1) is 13.8. The van der Waals surface area contributed by atoms with Crippen LogP contribution in [-0.2, 0) is 4.74 Å². The highest BCUT2D eigenvalue weighted by atomic mass is 35.5. The van der Waals surface area contributed by atoms with Crippen molar-refractivity contribution >= 4 is 23.2 Å². The average molecular weight is 285 g/mol. The van der Waals surface area contributed by atoms with Gasteiger partial charge < -0.3 is 10.1 Å². The van der Waals surface area contributed by atoms with E-state index in [1.165, 1.54) is 18.2 Å². The zero-order valence-corrected chi connectivity index (χ0v) is 10.9. The van der Waals surface area contributed by atoms with Crippen LogP contribution in [-0.4, -0.2) is 30.1 Å². The second-order valence-corrected chi connectivity index (χ2v) is 4.69. The summed E-state index contributed by atoms with van der Waals surface area (Å²) in [6.07, 6.45) is 1.65. The molecule has 19 heavy (non-hydrogen) atoms. The van der Waals surface area contributed by atoms with Crippen molar-refractivity contribution in [3.63, 3.8) is 0 Å². The Morgan fingerprint density at radius 2 is 2.32 bits per heavy atom. The zero-order chi connectivity index (χ0) is 13.8. The molecule has 0 radical (unpaired) electrons. The Morgan fingerprint density at radius 1 is 1.53 bits per heavy atom. The fourth-order valence-electron chi connectivity index (χ4n) is 2.00. The van der Waals surface area contributed by atoms with E-state index in [1.807, 2.05) is 0 Å². The van der Waals surface area contributed by atoms with Gasteiger partial charge in [0.1, 0.15) is 5.56 Å². The van der Waals surface area contributed by atoms with Gasteiger partial charge in [0.25, 0.3) is 11.6 Å². The molecule has 1 amide bonds. The molecule has 7 heteroatoms. The van der Waals surface area contributed by atoms with Gasteiger partial charge in [0.15, 0.2) is 0 Å². The average Bonchev–Trinajstić information content (AvgIpc) is 2.39. The first-order chi connectivity index (χ1) is 9.09. The van der Waals surface area contributed by atoms with Gasteiger partial charge in [0, 0.05) is 12.7 Å². The number of nitro benzene ring substituents is 1.